The van der Waals surface area contributed by atoms with E-state index >= 15 is 0 Å². The van der Waals surface area contributed by atoms with Gasteiger partial charge in [0.15, 0.2) is 11.3 Å². The number of rotatable bonds is 5. The number of benzene rings is 2. The van der Waals surface area contributed by atoms with E-state index in [0.29, 0.717) is 6.04 Å². The van der Waals surface area contributed by atoms with Crippen LogP contribution < -0.4 is 10.1 Å². The van der Waals surface area contributed by atoms with E-state index in [0.717, 1.165) is 50.9 Å². The van der Waals surface area contributed by atoms with Crippen molar-refractivity contribution in [1.82, 2.24) is 24.1 Å². The summed E-state index contributed by atoms with van der Waals surface area (Å²) in [7, 11) is 1.69. The van der Waals surface area contributed by atoms with Crippen LogP contribution in [0.25, 0.3) is 33.6 Å². The van der Waals surface area contributed by atoms with Crippen LogP contribution in [0.15, 0.2) is 60.9 Å². The van der Waals surface area contributed by atoms with E-state index in [9.17, 15) is 0 Å². The first-order valence-corrected chi connectivity index (χ1v) is 12.0. The number of methoxy groups -OCH3 is 1. The maximum Gasteiger partial charge on any atom is 0.168 e. The molecule has 0 atom stereocenters. The van der Waals surface area contributed by atoms with E-state index in [1.807, 2.05) is 60.4 Å². The summed E-state index contributed by atoms with van der Waals surface area (Å²) in [6, 6.07) is 18.7. The third-order valence-corrected chi connectivity index (χ3v) is 6.78. The minimum Gasteiger partial charge on any atom is -0.497 e. The highest BCUT2D eigenvalue weighted by atomic mass is 16.5. The lowest BCUT2D eigenvalue weighted by Gasteiger charge is -2.24. The van der Waals surface area contributed by atoms with E-state index in [1.54, 1.807) is 7.11 Å². The molecule has 6 rings (SSSR count). The average Bonchev–Trinajstić information content (AvgIpc) is 3.43. The zero-order valence-electron chi connectivity index (χ0n) is 19.5. The smallest absolute Gasteiger partial charge is 0.168 e. The Morgan fingerprint density at radius 1 is 0.941 bits per heavy atom. The molecule has 1 fully saturated rings. The molecular weight excluding hydrogens is 424 g/mol. The van der Waals surface area contributed by atoms with Crippen LogP contribution in [0.4, 0.5) is 5.82 Å². The molecule has 7 heteroatoms. The molecule has 3 heterocycles. The number of para-hydroxylation sites is 1. The maximum absolute atomic E-state index is 5.37. The lowest BCUT2D eigenvalue weighted by atomic mass is 9.95. The van der Waals surface area contributed by atoms with Gasteiger partial charge in [-0.15, -0.1) is 0 Å². The number of anilines is 1. The van der Waals surface area contributed by atoms with Crippen LogP contribution in [0.2, 0.25) is 0 Å². The van der Waals surface area contributed by atoms with Gasteiger partial charge in [0, 0.05) is 11.6 Å². The average molecular weight is 453 g/mol. The molecule has 34 heavy (non-hydrogen) atoms. The van der Waals surface area contributed by atoms with Crippen molar-refractivity contribution in [2.24, 2.45) is 0 Å². The van der Waals surface area contributed by atoms with Gasteiger partial charge in [0.1, 0.15) is 23.6 Å². The number of nitrogens with zero attached hydrogens (tertiary/aromatic N) is 5. The van der Waals surface area contributed by atoms with Gasteiger partial charge in [-0.3, -0.25) is 4.40 Å². The summed E-state index contributed by atoms with van der Waals surface area (Å²) < 4.78 is 9.37. The molecule has 5 aromatic rings. The van der Waals surface area contributed by atoms with Crippen molar-refractivity contribution in [2.75, 3.05) is 12.4 Å². The highest BCUT2D eigenvalue weighted by molar-refractivity contribution is 5.95. The van der Waals surface area contributed by atoms with Gasteiger partial charge in [0.05, 0.1) is 23.9 Å². The van der Waals surface area contributed by atoms with Crippen molar-refractivity contribution < 1.29 is 4.74 Å². The van der Waals surface area contributed by atoms with Crippen LogP contribution in [0.1, 0.15) is 37.8 Å². The zero-order valence-corrected chi connectivity index (χ0v) is 19.5. The largest absolute Gasteiger partial charge is 0.497 e. The predicted octanol–water partition coefficient (Wildman–Crippen LogP) is 5.80. The van der Waals surface area contributed by atoms with Gasteiger partial charge < -0.3 is 10.1 Å². The van der Waals surface area contributed by atoms with E-state index in [-0.39, 0.29) is 0 Å². The van der Waals surface area contributed by atoms with Crippen LogP contribution >= 0.6 is 0 Å². The molecule has 0 bridgehead atoms. The van der Waals surface area contributed by atoms with Crippen LogP contribution in [0, 0.1) is 6.92 Å². The van der Waals surface area contributed by atoms with E-state index < -0.39 is 0 Å². The van der Waals surface area contributed by atoms with Crippen molar-refractivity contribution in [1.29, 1.82) is 0 Å². The van der Waals surface area contributed by atoms with E-state index in [2.05, 4.69) is 21.9 Å². The third kappa shape index (κ3) is 3.48. The normalized spacial score (nSPS) is 14.6. The molecule has 0 radical (unpaired) electrons. The fourth-order valence-electron chi connectivity index (χ4n) is 5.01. The van der Waals surface area contributed by atoms with Gasteiger partial charge in [-0.1, -0.05) is 37.5 Å². The van der Waals surface area contributed by atoms with Crippen LogP contribution in [0.3, 0.4) is 0 Å². The van der Waals surface area contributed by atoms with Crippen LogP contribution in [-0.4, -0.2) is 37.3 Å². The second kappa shape index (κ2) is 8.48. The summed E-state index contributed by atoms with van der Waals surface area (Å²) in [6.45, 7) is 2.03. The Bertz CT molecular complexity index is 1450. The van der Waals surface area contributed by atoms with Gasteiger partial charge in [0.2, 0.25) is 0 Å². The summed E-state index contributed by atoms with van der Waals surface area (Å²) in [4.78, 5) is 10.0. The SMILES string of the molecule is COc1ccc(-c2nc3c4c(C)nn(-c5ccccc5)c4ncn3c2NC2CCCCC2)cc1. The number of fused-ring (bicyclic) bond motifs is 3. The number of aromatic nitrogens is 5. The first kappa shape index (κ1) is 20.7. The quantitative estimate of drug-likeness (QED) is 0.365. The van der Waals surface area contributed by atoms with Crippen molar-refractivity contribution in [3.8, 4) is 22.7 Å². The fraction of sp³-hybridized carbons (Fsp3) is 0.296. The van der Waals surface area contributed by atoms with Gasteiger partial charge >= 0.3 is 0 Å². The number of ether oxygens (including phenoxy) is 1. The summed E-state index contributed by atoms with van der Waals surface area (Å²) in [6.07, 6.45) is 8.07. The standard InChI is InChI=1S/C27H28N6O/c1-18-23-25(33(31-18)21-11-7-4-8-12-21)28-17-32-26(23)30-24(19-13-15-22(34-2)16-14-19)27(32)29-20-9-5-3-6-10-20/h4,7-8,11-17,20,29H,3,5-6,9-10H2,1-2H3. The monoisotopic (exact) mass is 452 g/mol. The predicted molar refractivity (Wildman–Crippen MR) is 135 cm³/mol. The molecule has 1 aliphatic carbocycles. The second-order valence-electron chi connectivity index (χ2n) is 8.99. The Hall–Kier alpha value is -3.87. The van der Waals surface area contributed by atoms with Gasteiger partial charge in [-0.25, -0.2) is 14.6 Å². The van der Waals surface area contributed by atoms with Crippen molar-refractivity contribution in [3.63, 3.8) is 0 Å². The molecule has 7 nitrogen and oxygen atoms in total. The van der Waals surface area contributed by atoms with Crippen LogP contribution in [0.5, 0.6) is 5.75 Å². The lowest BCUT2D eigenvalue weighted by molar-refractivity contribution is 0.415. The van der Waals surface area contributed by atoms with E-state index in [4.69, 9.17) is 19.8 Å². The molecule has 0 spiro atoms. The number of nitrogens with one attached hydrogen (secondary N) is 1. The Labute approximate surface area is 198 Å². The van der Waals surface area contributed by atoms with Gasteiger partial charge in [0.25, 0.3) is 0 Å². The maximum atomic E-state index is 5.37. The highest BCUT2D eigenvalue weighted by Crippen LogP contribution is 2.35. The van der Waals surface area contributed by atoms with Gasteiger partial charge in [-0.05, 0) is 56.2 Å². The topological polar surface area (TPSA) is 69.3 Å². The molecule has 2 aromatic carbocycles. The molecule has 172 valence electrons. The third-order valence-electron chi connectivity index (χ3n) is 6.78. The summed E-state index contributed by atoms with van der Waals surface area (Å²) in [5.41, 5.74) is 5.55. The Morgan fingerprint density at radius 2 is 1.71 bits per heavy atom. The van der Waals surface area contributed by atoms with Crippen molar-refractivity contribution in [2.45, 2.75) is 45.1 Å². The first-order chi connectivity index (χ1) is 16.7. The summed E-state index contributed by atoms with van der Waals surface area (Å²) in [5.74, 6) is 1.83. The Morgan fingerprint density at radius 3 is 2.44 bits per heavy atom. The molecule has 0 aliphatic heterocycles. The molecule has 0 unspecified atom stereocenters. The molecule has 1 aliphatic rings. The molecular formula is C27H28N6O. The molecule has 1 saturated carbocycles. The van der Waals surface area contributed by atoms with Crippen molar-refractivity contribution >= 4 is 22.5 Å². The minimum absolute atomic E-state index is 0.439. The second-order valence-corrected chi connectivity index (χ2v) is 8.99. The first-order valence-electron chi connectivity index (χ1n) is 12.0. The lowest BCUT2D eigenvalue weighted by Crippen LogP contribution is -2.23. The Kier molecular flexibility index (Phi) is 5.17. The van der Waals surface area contributed by atoms with Crippen LogP contribution in [-0.2, 0) is 0 Å². The molecule has 1 N–H and O–H groups in total. The highest BCUT2D eigenvalue weighted by Gasteiger charge is 2.23. The number of imidazole rings is 1. The fourth-order valence-corrected chi connectivity index (χ4v) is 5.01. The summed E-state index contributed by atoms with van der Waals surface area (Å²) >= 11 is 0. The number of hydrogen-bond acceptors (Lipinski definition) is 5. The number of aryl methyl sites for hydroxylation is 1. The van der Waals surface area contributed by atoms with Crippen molar-refractivity contribution in [3.05, 3.63) is 66.6 Å². The zero-order chi connectivity index (χ0) is 23.1. The molecule has 0 amide bonds. The summed E-state index contributed by atoms with van der Waals surface area (Å²) in [5, 5.41) is 9.62. The van der Waals surface area contributed by atoms with Gasteiger partial charge in [-0.2, -0.15) is 5.10 Å². The molecule has 0 saturated heterocycles. The van der Waals surface area contributed by atoms with E-state index in [1.165, 1.54) is 32.1 Å². The number of hydrogen-bond donors (Lipinski definition) is 1. The minimum atomic E-state index is 0.439. The molecule has 3 aromatic heterocycles. The Balaban J connectivity index is 1.56.